The van der Waals surface area contributed by atoms with E-state index in [2.05, 4.69) is 12.2 Å². The van der Waals surface area contributed by atoms with Gasteiger partial charge in [-0.1, -0.05) is 19.3 Å². The highest BCUT2D eigenvalue weighted by molar-refractivity contribution is 7.88. The third-order valence-corrected chi connectivity index (χ3v) is 7.60. The van der Waals surface area contributed by atoms with Gasteiger partial charge < -0.3 is 10.1 Å². The molecule has 1 spiro atoms. The minimum atomic E-state index is -3.03. The second-order valence-electron chi connectivity index (χ2n) is 7.63. The highest BCUT2D eigenvalue weighted by Gasteiger charge is 2.55. The van der Waals surface area contributed by atoms with Gasteiger partial charge in [0, 0.05) is 37.2 Å². The van der Waals surface area contributed by atoms with E-state index in [0.29, 0.717) is 36.7 Å². The molecule has 1 saturated heterocycles. The first-order chi connectivity index (χ1) is 11.0. The Labute approximate surface area is 141 Å². The zero-order valence-electron chi connectivity index (χ0n) is 14.6. The lowest BCUT2D eigenvalue weighted by Crippen LogP contribution is -2.66. The van der Waals surface area contributed by atoms with Gasteiger partial charge in [-0.15, -0.1) is 0 Å². The van der Waals surface area contributed by atoms with Crippen molar-refractivity contribution < 1.29 is 13.2 Å². The van der Waals surface area contributed by atoms with Gasteiger partial charge in [0.25, 0.3) is 0 Å². The SMILES string of the molecule is CCO[C@@H]1C[C@@H](NC2CCN(S(C)(=O)=O)CC2)C12CCCCC2. The van der Waals surface area contributed by atoms with E-state index < -0.39 is 10.0 Å². The lowest BCUT2D eigenvalue weighted by molar-refractivity contribution is -0.152. The van der Waals surface area contributed by atoms with Crippen LogP contribution in [-0.2, 0) is 14.8 Å². The van der Waals surface area contributed by atoms with Crippen LogP contribution in [0.25, 0.3) is 0 Å². The molecule has 3 rings (SSSR count). The molecule has 0 aromatic carbocycles. The molecule has 134 valence electrons. The van der Waals surface area contributed by atoms with Gasteiger partial charge in [-0.2, -0.15) is 0 Å². The molecule has 0 bridgehead atoms. The molecular weight excluding hydrogens is 312 g/mol. The maximum absolute atomic E-state index is 11.6. The maximum Gasteiger partial charge on any atom is 0.211 e. The largest absolute Gasteiger partial charge is 0.378 e. The zero-order chi connectivity index (χ0) is 16.5. The van der Waals surface area contributed by atoms with Crippen molar-refractivity contribution in [3.63, 3.8) is 0 Å². The summed E-state index contributed by atoms with van der Waals surface area (Å²) in [6.45, 7) is 4.22. The molecule has 6 heteroatoms. The van der Waals surface area contributed by atoms with Crippen molar-refractivity contribution in [2.45, 2.75) is 76.5 Å². The second kappa shape index (κ2) is 6.98. The molecule has 1 N–H and O–H groups in total. The first-order valence-electron chi connectivity index (χ1n) is 9.28. The predicted octanol–water partition coefficient (Wildman–Crippen LogP) is 2.13. The van der Waals surface area contributed by atoms with Crippen LogP contribution in [0.1, 0.15) is 58.3 Å². The Kier molecular flexibility index (Phi) is 5.36. The van der Waals surface area contributed by atoms with Gasteiger partial charge >= 0.3 is 0 Å². The summed E-state index contributed by atoms with van der Waals surface area (Å²) < 4.78 is 30.9. The van der Waals surface area contributed by atoms with E-state index in [0.717, 1.165) is 25.9 Å². The fourth-order valence-electron chi connectivity index (χ4n) is 4.94. The number of ether oxygens (including phenoxy) is 1. The van der Waals surface area contributed by atoms with Gasteiger partial charge in [-0.25, -0.2) is 12.7 Å². The van der Waals surface area contributed by atoms with Crippen molar-refractivity contribution in [3.8, 4) is 0 Å². The topological polar surface area (TPSA) is 58.6 Å². The molecule has 2 saturated carbocycles. The molecule has 23 heavy (non-hydrogen) atoms. The molecule has 3 fully saturated rings. The second-order valence-corrected chi connectivity index (χ2v) is 9.61. The molecule has 1 aliphatic heterocycles. The molecule has 0 amide bonds. The van der Waals surface area contributed by atoms with Crippen LogP contribution in [0.15, 0.2) is 0 Å². The van der Waals surface area contributed by atoms with Gasteiger partial charge in [0.05, 0.1) is 12.4 Å². The fraction of sp³-hybridized carbons (Fsp3) is 1.00. The molecule has 0 radical (unpaired) electrons. The number of piperidine rings is 1. The molecule has 1 heterocycles. The van der Waals surface area contributed by atoms with Crippen LogP contribution in [0.3, 0.4) is 0 Å². The Balaban J connectivity index is 1.56. The maximum atomic E-state index is 11.6. The minimum Gasteiger partial charge on any atom is -0.378 e. The van der Waals surface area contributed by atoms with E-state index >= 15 is 0 Å². The fourth-order valence-corrected chi connectivity index (χ4v) is 5.81. The smallest absolute Gasteiger partial charge is 0.211 e. The Morgan fingerprint density at radius 2 is 1.83 bits per heavy atom. The van der Waals surface area contributed by atoms with Crippen molar-refractivity contribution in [1.29, 1.82) is 0 Å². The first kappa shape index (κ1) is 17.6. The van der Waals surface area contributed by atoms with E-state index in [1.54, 1.807) is 4.31 Å². The van der Waals surface area contributed by atoms with Crippen molar-refractivity contribution >= 4 is 10.0 Å². The summed E-state index contributed by atoms with van der Waals surface area (Å²) in [4.78, 5) is 0. The Hall–Kier alpha value is -0.170. The summed E-state index contributed by atoms with van der Waals surface area (Å²) in [5.41, 5.74) is 0.349. The van der Waals surface area contributed by atoms with Crippen molar-refractivity contribution in [3.05, 3.63) is 0 Å². The Bertz CT molecular complexity index is 494. The van der Waals surface area contributed by atoms with Crippen LogP contribution >= 0.6 is 0 Å². The average Bonchev–Trinajstić information content (AvgIpc) is 2.54. The van der Waals surface area contributed by atoms with E-state index in [9.17, 15) is 8.42 Å². The number of rotatable bonds is 5. The number of sulfonamides is 1. The highest BCUT2D eigenvalue weighted by Crippen LogP contribution is 2.53. The molecule has 0 aromatic heterocycles. The summed E-state index contributed by atoms with van der Waals surface area (Å²) in [6, 6.07) is 1.02. The van der Waals surface area contributed by atoms with Crippen molar-refractivity contribution in [2.24, 2.45) is 5.41 Å². The summed E-state index contributed by atoms with van der Waals surface area (Å²) in [7, 11) is -3.03. The Morgan fingerprint density at radius 1 is 1.17 bits per heavy atom. The molecule has 2 aliphatic carbocycles. The van der Waals surface area contributed by atoms with Crippen LogP contribution in [0.4, 0.5) is 0 Å². The number of nitrogens with one attached hydrogen (secondary N) is 1. The van der Waals surface area contributed by atoms with Crippen LogP contribution in [0, 0.1) is 5.41 Å². The normalized spacial score (nSPS) is 32.8. The quantitative estimate of drug-likeness (QED) is 0.830. The van der Waals surface area contributed by atoms with Gasteiger partial charge in [0.2, 0.25) is 10.0 Å². The van der Waals surface area contributed by atoms with E-state index in [1.165, 1.54) is 38.4 Å². The molecular formula is C17H32N2O3S. The van der Waals surface area contributed by atoms with Gasteiger partial charge in [0.1, 0.15) is 0 Å². The van der Waals surface area contributed by atoms with E-state index in [-0.39, 0.29) is 0 Å². The third-order valence-electron chi connectivity index (χ3n) is 6.30. The molecule has 0 unspecified atom stereocenters. The summed E-state index contributed by atoms with van der Waals surface area (Å²) in [5, 5.41) is 3.87. The van der Waals surface area contributed by atoms with Crippen LogP contribution < -0.4 is 5.32 Å². The summed E-state index contributed by atoms with van der Waals surface area (Å²) >= 11 is 0. The molecule has 5 nitrogen and oxygen atoms in total. The first-order valence-corrected chi connectivity index (χ1v) is 11.1. The molecule has 0 aromatic rings. The predicted molar refractivity (Wildman–Crippen MR) is 91.9 cm³/mol. The van der Waals surface area contributed by atoms with Crippen LogP contribution in [0.5, 0.6) is 0 Å². The van der Waals surface area contributed by atoms with E-state index in [1.807, 2.05) is 0 Å². The van der Waals surface area contributed by atoms with Gasteiger partial charge in [0.15, 0.2) is 0 Å². The van der Waals surface area contributed by atoms with Crippen LogP contribution in [0.2, 0.25) is 0 Å². The number of hydrogen-bond acceptors (Lipinski definition) is 4. The minimum absolute atomic E-state index is 0.349. The van der Waals surface area contributed by atoms with Gasteiger partial charge in [-0.3, -0.25) is 0 Å². The van der Waals surface area contributed by atoms with E-state index in [4.69, 9.17) is 4.74 Å². The zero-order valence-corrected chi connectivity index (χ0v) is 15.4. The van der Waals surface area contributed by atoms with Gasteiger partial charge in [-0.05, 0) is 39.0 Å². The van der Waals surface area contributed by atoms with Crippen LogP contribution in [-0.4, -0.2) is 56.9 Å². The van der Waals surface area contributed by atoms with Crippen molar-refractivity contribution in [1.82, 2.24) is 9.62 Å². The summed E-state index contributed by atoms with van der Waals surface area (Å²) in [5.74, 6) is 0. The molecule has 3 aliphatic rings. The molecule has 2 atom stereocenters. The number of hydrogen-bond donors (Lipinski definition) is 1. The lowest BCUT2D eigenvalue weighted by Gasteiger charge is -2.59. The Morgan fingerprint density at radius 3 is 2.39 bits per heavy atom. The summed E-state index contributed by atoms with van der Waals surface area (Å²) in [6.07, 6.45) is 11.3. The average molecular weight is 345 g/mol. The monoisotopic (exact) mass is 344 g/mol. The van der Waals surface area contributed by atoms with Crippen molar-refractivity contribution in [2.75, 3.05) is 26.0 Å². The standard InChI is InChI=1S/C17H32N2O3S/c1-3-22-16-13-15(17(16)9-5-4-6-10-17)18-14-7-11-19(12-8-14)23(2,20)21/h14-16,18H,3-13H2,1-2H3/t15-,16-/m1/s1. The third kappa shape index (κ3) is 3.60. The number of nitrogens with zero attached hydrogens (tertiary/aromatic N) is 1. The lowest BCUT2D eigenvalue weighted by atomic mass is 9.55. The highest BCUT2D eigenvalue weighted by atomic mass is 32.2.